The Balaban J connectivity index is 2.02. The number of rotatable bonds is 5. The van der Waals surface area contributed by atoms with Crippen LogP contribution in [-0.2, 0) is 20.9 Å². The Kier molecular flexibility index (Phi) is 4.74. The van der Waals surface area contributed by atoms with E-state index in [4.69, 9.17) is 9.84 Å². The summed E-state index contributed by atoms with van der Waals surface area (Å²) in [6, 6.07) is 2.91. The summed E-state index contributed by atoms with van der Waals surface area (Å²) in [5.41, 5.74) is 0.369. The van der Waals surface area contributed by atoms with Crippen LogP contribution >= 0.6 is 0 Å². The molecule has 7 nitrogen and oxygen atoms in total. The summed E-state index contributed by atoms with van der Waals surface area (Å²) in [6.07, 6.45) is 1.39. The van der Waals surface area contributed by atoms with Crippen LogP contribution in [0.25, 0.3) is 0 Å². The van der Waals surface area contributed by atoms with Gasteiger partial charge in [-0.05, 0) is 25.3 Å². The van der Waals surface area contributed by atoms with E-state index in [1.165, 1.54) is 16.7 Å². The van der Waals surface area contributed by atoms with Gasteiger partial charge in [0, 0.05) is 18.8 Å². The minimum absolute atomic E-state index is 0.127. The maximum Gasteiger partial charge on any atom is 0.332 e. The number of aryl methyl sites for hydroxylation is 1. The number of carbonyl (C=O) groups excluding carboxylic acids is 1. The molecule has 0 radical (unpaired) electrons. The van der Waals surface area contributed by atoms with E-state index < -0.39 is 18.2 Å². The summed E-state index contributed by atoms with van der Waals surface area (Å²) in [5.74, 6) is -1.44. The number of aromatic nitrogens is 1. The summed E-state index contributed by atoms with van der Waals surface area (Å²) in [7, 11) is 0. The van der Waals surface area contributed by atoms with Crippen molar-refractivity contribution in [1.29, 1.82) is 0 Å². The molecule has 1 saturated heterocycles. The number of carboxylic acids is 1. The van der Waals surface area contributed by atoms with Gasteiger partial charge in [-0.1, -0.05) is 6.92 Å². The highest BCUT2D eigenvalue weighted by Gasteiger charge is 2.34. The van der Waals surface area contributed by atoms with Crippen LogP contribution in [0.2, 0.25) is 0 Å². The van der Waals surface area contributed by atoms with E-state index in [9.17, 15) is 14.4 Å². The molecule has 2 N–H and O–H groups in total. The molecule has 1 amide bonds. The molecule has 21 heavy (non-hydrogen) atoms. The van der Waals surface area contributed by atoms with E-state index in [1.54, 1.807) is 6.20 Å². The van der Waals surface area contributed by atoms with Gasteiger partial charge >= 0.3 is 5.97 Å². The number of nitrogens with zero attached hydrogens (tertiary/aromatic N) is 1. The van der Waals surface area contributed by atoms with Crippen LogP contribution in [0.15, 0.2) is 23.1 Å². The van der Waals surface area contributed by atoms with Gasteiger partial charge in [-0.15, -0.1) is 0 Å². The molecule has 114 valence electrons. The molecule has 1 aliphatic heterocycles. The predicted octanol–water partition coefficient (Wildman–Crippen LogP) is 0.829. The molecule has 0 spiro atoms. The first-order chi connectivity index (χ1) is 10.0. The molecular formula is C14H18N2O5. The van der Waals surface area contributed by atoms with Gasteiger partial charge in [0.1, 0.15) is 6.10 Å². The molecule has 7 heteroatoms. The monoisotopic (exact) mass is 294 g/mol. The molecule has 0 bridgehead atoms. The quantitative estimate of drug-likeness (QED) is 0.838. The first kappa shape index (κ1) is 15.2. The largest absolute Gasteiger partial charge is 0.479 e. The Morgan fingerprint density at radius 2 is 2.10 bits per heavy atom. The lowest BCUT2D eigenvalue weighted by Gasteiger charge is -2.13. The second kappa shape index (κ2) is 6.53. The van der Waals surface area contributed by atoms with Crippen molar-refractivity contribution in [2.75, 3.05) is 5.32 Å². The zero-order chi connectivity index (χ0) is 15.4. The average molecular weight is 294 g/mol. The number of hydrogen-bond donors (Lipinski definition) is 2. The number of amides is 1. The summed E-state index contributed by atoms with van der Waals surface area (Å²) in [6.45, 7) is 2.53. The molecular weight excluding hydrogens is 276 g/mol. The fourth-order valence-corrected chi connectivity index (χ4v) is 2.26. The minimum atomic E-state index is -1.05. The van der Waals surface area contributed by atoms with Crippen molar-refractivity contribution in [3.05, 3.63) is 28.7 Å². The summed E-state index contributed by atoms with van der Waals surface area (Å²) >= 11 is 0. The Morgan fingerprint density at radius 1 is 1.38 bits per heavy atom. The smallest absolute Gasteiger partial charge is 0.332 e. The van der Waals surface area contributed by atoms with E-state index in [2.05, 4.69) is 5.32 Å². The van der Waals surface area contributed by atoms with Crippen LogP contribution in [0, 0.1) is 0 Å². The summed E-state index contributed by atoms with van der Waals surface area (Å²) in [5, 5.41) is 11.5. The van der Waals surface area contributed by atoms with E-state index in [-0.39, 0.29) is 11.5 Å². The van der Waals surface area contributed by atoms with Gasteiger partial charge in [0.25, 0.3) is 11.5 Å². The lowest BCUT2D eigenvalue weighted by Crippen LogP contribution is -2.30. The van der Waals surface area contributed by atoms with Crippen molar-refractivity contribution in [2.45, 2.75) is 44.9 Å². The van der Waals surface area contributed by atoms with Gasteiger partial charge < -0.3 is 19.7 Å². The number of aliphatic carboxylic acids is 1. The number of hydrogen-bond acceptors (Lipinski definition) is 4. The number of carboxylic acid groups (broad SMARTS) is 1. The van der Waals surface area contributed by atoms with Gasteiger partial charge in [0.2, 0.25) is 0 Å². The van der Waals surface area contributed by atoms with Crippen LogP contribution in [0.3, 0.4) is 0 Å². The molecule has 0 aliphatic carbocycles. The second-order valence-electron chi connectivity index (χ2n) is 4.97. The van der Waals surface area contributed by atoms with Crippen LogP contribution in [0.1, 0.15) is 26.2 Å². The van der Waals surface area contributed by atoms with Crippen LogP contribution in [0.4, 0.5) is 5.69 Å². The first-order valence-electron chi connectivity index (χ1n) is 6.91. The van der Waals surface area contributed by atoms with E-state index in [1.807, 2.05) is 6.92 Å². The zero-order valence-electron chi connectivity index (χ0n) is 11.7. The molecule has 1 aromatic heterocycles. The van der Waals surface area contributed by atoms with Crippen LogP contribution < -0.4 is 10.9 Å². The molecule has 1 aromatic rings. The van der Waals surface area contributed by atoms with Gasteiger partial charge in [-0.25, -0.2) is 4.79 Å². The third-order valence-electron chi connectivity index (χ3n) is 3.30. The lowest BCUT2D eigenvalue weighted by atomic mass is 10.2. The van der Waals surface area contributed by atoms with Crippen LogP contribution in [-0.4, -0.2) is 33.8 Å². The average Bonchev–Trinajstić information content (AvgIpc) is 2.93. The number of anilines is 1. The maximum absolute atomic E-state index is 12.0. The minimum Gasteiger partial charge on any atom is -0.479 e. The van der Waals surface area contributed by atoms with Crippen molar-refractivity contribution in [2.24, 2.45) is 0 Å². The Labute approximate surface area is 121 Å². The molecule has 2 unspecified atom stereocenters. The van der Waals surface area contributed by atoms with E-state index >= 15 is 0 Å². The standard InChI is InChI=1S/C14H18N2O5/c1-2-7-16-8-9(3-6-12(16)17)15-13(18)10-4-5-11(21-10)14(19)20/h3,6,8,10-11H,2,4-5,7H2,1H3,(H,15,18)(H,19,20). The van der Waals surface area contributed by atoms with Crippen molar-refractivity contribution in [3.63, 3.8) is 0 Å². The highest BCUT2D eigenvalue weighted by atomic mass is 16.5. The van der Waals surface area contributed by atoms with E-state index in [0.717, 1.165) is 6.42 Å². The molecule has 1 fully saturated rings. The summed E-state index contributed by atoms with van der Waals surface area (Å²) < 4.78 is 6.70. The fourth-order valence-electron chi connectivity index (χ4n) is 2.26. The maximum atomic E-state index is 12.0. The number of carbonyl (C=O) groups is 2. The molecule has 2 atom stereocenters. The third kappa shape index (κ3) is 3.69. The van der Waals surface area contributed by atoms with Gasteiger partial charge in [0.05, 0.1) is 5.69 Å². The number of nitrogens with one attached hydrogen (secondary N) is 1. The Bertz CT molecular complexity index is 595. The Hall–Kier alpha value is -2.15. The van der Waals surface area contributed by atoms with Crippen molar-refractivity contribution in [1.82, 2.24) is 4.57 Å². The SMILES string of the molecule is CCCn1cc(NC(=O)C2CCC(C(=O)O)O2)ccc1=O. The third-order valence-corrected chi connectivity index (χ3v) is 3.30. The fraction of sp³-hybridized carbons (Fsp3) is 0.500. The van der Waals surface area contributed by atoms with Gasteiger partial charge in [-0.3, -0.25) is 9.59 Å². The first-order valence-corrected chi connectivity index (χ1v) is 6.91. The molecule has 1 aliphatic rings. The molecule has 2 rings (SSSR count). The zero-order valence-corrected chi connectivity index (χ0v) is 11.7. The lowest BCUT2D eigenvalue weighted by molar-refractivity contribution is -0.150. The van der Waals surface area contributed by atoms with Gasteiger partial charge in [0.15, 0.2) is 6.10 Å². The van der Waals surface area contributed by atoms with Crippen LogP contribution in [0.5, 0.6) is 0 Å². The van der Waals surface area contributed by atoms with E-state index in [0.29, 0.717) is 25.1 Å². The van der Waals surface area contributed by atoms with Crippen molar-refractivity contribution in [3.8, 4) is 0 Å². The number of pyridine rings is 1. The highest BCUT2D eigenvalue weighted by Crippen LogP contribution is 2.21. The van der Waals surface area contributed by atoms with Gasteiger partial charge in [-0.2, -0.15) is 0 Å². The second-order valence-corrected chi connectivity index (χ2v) is 4.97. The predicted molar refractivity (Wildman–Crippen MR) is 75.2 cm³/mol. The van der Waals surface area contributed by atoms with Crippen molar-refractivity contribution >= 4 is 17.6 Å². The molecule has 2 heterocycles. The Morgan fingerprint density at radius 3 is 2.71 bits per heavy atom. The molecule has 0 saturated carbocycles. The molecule has 0 aromatic carbocycles. The highest BCUT2D eigenvalue weighted by molar-refractivity contribution is 5.94. The topological polar surface area (TPSA) is 97.6 Å². The number of ether oxygens (including phenoxy) is 1. The van der Waals surface area contributed by atoms with Crippen molar-refractivity contribution < 1.29 is 19.4 Å². The summed E-state index contributed by atoms with van der Waals surface area (Å²) in [4.78, 5) is 34.4. The normalized spacial score (nSPS) is 21.2.